The molecule has 3 aromatic rings. The molecule has 0 saturated heterocycles. The lowest BCUT2D eigenvalue weighted by Gasteiger charge is -2.07. The molecule has 0 unspecified atom stereocenters. The van der Waals surface area contributed by atoms with Crippen molar-refractivity contribution in [2.75, 3.05) is 0 Å². The Hall–Kier alpha value is -3.80. The van der Waals surface area contributed by atoms with E-state index in [0.717, 1.165) is 28.4 Å². The summed E-state index contributed by atoms with van der Waals surface area (Å²) in [5, 5.41) is 36.7. The molecule has 12 heteroatoms. The van der Waals surface area contributed by atoms with Gasteiger partial charge in [-0.1, -0.05) is 17.7 Å². The van der Waals surface area contributed by atoms with Gasteiger partial charge in [-0.15, -0.1) is 0 Å². The van der Waals surface area contributed by atoms with E-state index < -0.39 is 42.7 Å². The number of aromatic nitrogens is 2. The first-order valence-electron chi connectivity index (χ1n) is 8.48. The van der Waals surface area contributed by atoms with Crippen molar-refractivity contribution in [1.29, 1.82) is 0 Å². The summed E-state index contributed by atoms with van der Waals surface area (Å²) in [6, 6.07) is 8.97. The minimum atomic E-state index is -3.90. The lowest BCUT2D eigenvalue weighted by atomic mass is 10.1. The standard InChI is InChI=1S/C18H16N4O7S/c1-11-3-5-15(6-4-11)30(28,29)10-16-17(19-20(2)18(16)23)12-7-13(21(24)25)9-14(8-12)22(26)27/h3-9,23H,10H2,1-2H3. The molecule has 2 aromatic carbocycles. The second kappa shape index (κ2) is 7.55. The maximum Gasteiger partial charge on any atom is 0.276 e. The van der Waals surface area contributed by atoms with Gasteiger partial charge in [-0.2, -0.15) is 5.10 Å². The van der Waals surface area contributed by atoms with Crippen LogP contribution in [-0.2, 0) is 22.6 Å². The highest BCUT2D eigenvalue weighted by Crippen LogP contribution is 2.36. The molecule has 1 N–H and O–H groups in total. The van der Waals surface area contributed by atoms with Crippen molar-refractivity contribution < 1.29 is 23.4 Å². The van der Waals surface area contributed by atoms with Crippen molar-refractivity contribution in [1.82, 2.24) is 9.78 Å². The molecule has 0 atom stereocenters. The SMILES string of the molecule is Cc1ccc(S(=O)(=O)Cc2c(-c3cc([N+](=O)[O-])cc([N+](=O)[O-])c3)nn(C)c2O)cc1. The number of rotatable bonds is 6. The van der Waals surface area contributed by atoms with Gasteiger partial charge in [-0.05, 0) is 19.1 Å². The normalized spacial score (nSPS) is 11.4. The maximum atomic E-state index is 12.8. The average Bonchev–Trinajstić information content (AvgIpc) is 2.96. The van der Waals surface area contributed by atoms with E-state index in [1.165, 1.54) is 19.2 Å². The summed E-state index contributed by atoms with van der Waals surface area (Å²) in [4.78, 5) is 20.8. The molecule has 3 rings (SSSR count). The van der Waals surface area contributed by atoms with E-state index in [0.29, 0.717) is 0 Å². The number of hydrogen-bond acceptors (Lipinski definition) is 8. The lowest BCUT2D eigenvalue weighted by molar-refractivity contribution is -0.394. The average molecular weight is 432 g/mol. The topological polar surface area (TPSA) is 158 Å². The first-order valence-corrected chi connectivity index (χ1v) is 10.1. The van der Waals surface area contributed by atoms with Crippen molar-refractivity contribution in [3.05, 3.63) is 73.8 Å². The molecule has 1 aromatic heterocycles. The van der Waals surface area contributed by atoms with Crippen LogP contribution in [0.3, 0.4) is 0 Å². The quantitative estimate of drug-likeness (QED) is 0.460. The second-order valence-corrected chi connectivity index (χ2v) is 8.59. The van der Waals surface area contributed by atoms with E-state index in [1.54, 1.807) is 19.1 Å². The molecular formula is C18H16N4O7S. The molecule has 156 valence electrons. The zero-order valence-corrected chi connectivity index (χ0v) is 16.7. The number of non-ortho nitro benzene ring substituents is 2. The highest BCUT2D eigenvalue weighted by Gasteiger charge is 2.27. The van der Waals surface area contributed by atoms with E-state index in [9.17, 15) is 33.8 Å². The van der Waals surface area contributed by atoms with E-state index in [4.69, 9.17) is 0 Å². The molecular weight excluding hydrogens is 416 g/mol. The van der Waals surface area contributed by atoms with Crippen LogP contribution in [0.2, 0.25) is 0 Å². The Balaban J connectivity index is 2.16. The third-order valence-electron chi connectivity index (χ3n) is 4.42. The van der Waals surface area contributed by atoms with E-state index in [-0.39, 0.29) is 21.7 Å². The molecule has 1 heterocycles. The molecule has 0 spiro atoms. The summed E-state index contributed by atoms with van der Waals surface area (Å²) in [7, 11) is -2.55. The van der Waals surface area contributed by atoms with Crippen LogP contribution in [0.25, 0.3) is 11.3 Å². The van der Waals surface area contributed by atoms with Crippen LogP contribution in [0, 0.1) is 27.2 Å². The number of nitro benzene ring substituents is 2. The largest absolute Gasteiger partial charge is 0.493 e. The van der Waals surface area contributed by atoms with Gasteiger partial charge in [-0.25, -0.2) is 13.1 Å². The smallest absolute Gasteiger partial charge is 0.276 e. The van der Waals surface area contributed by atoms with Crippen LogP contribution in [0.5, 0.6) is 5.88 Å². The predicted octanol–water partition coefficient (Wildman–Crippen LogP) is 2.89. The number of hydrogen-bond donors (Lipinski definition) is 1. The summed E-state index contributed by atoms with van der Waals surface area (Å²) >= 11 is 0. The van der Waals surface area contributed by atoms with Gasteiger partial charge in [0, 0.05) is 24.7 Å². The van der Waals surface area contributed by atoms with Crippen molar-refractivity contribution in [2.45, 2.75) is 17.6 Å². The molecule has 0 bridgehead atoms. The molecule has 0 fully saturated rings. The van der Waals surface area contributed by atoms with Gasteiger partial charge in [0.05, 0.1) is 32.1 Å². The highest BCUT2D eigenvalue weighted by atomic mass is 32.2. The molecule has 0 aliphatic rings. The minimum absolute atomic E-state index is 0.0207. The van der Waals surface area contributed by atoms with Crippen LogP contribution in [0.15, 0.2) is 47.4 Å². The third kappa shape index (κ3) is 3.98. The Kier molecular flexibility index (Phi) is 5.27. The van der Waals surface area contributed by atoms with Crippen LogP contribution in [0.4, 0.5) is 11.4 Å². The van der Waals surface area contributed by atoms with Crippen LogP contribution in [-0.4, -0.2) is 33.2 Å². The Labute approximate surface area is 170 Å². The number of nitrogens with zero attached hydrogens (tertiary/aromatic N) is 4. The molecule has 0 saturated carbocycles. The van der Waals surface area contributed by atoms with Gasteiger partial charge < -0.3 is 5.11 Å². The summed E-state index contributed by atoms with van der Waals surface area (Å²) < 4.78 is 26.7. The molecule has 0 aliphatic carbocycles. The Morgan fingerprint density at radius 3 is 2.07 bits per heavy atom. The lowest BCUT2D eigenvalue weighted by Crippen LogP contribution is -2.06. The van der Waals surface area contributed by atoms with Crippen molar-refractivity contribution in [3.63, 3.8) is 0 Å². The van der Waals surface area contributed by atoms with E-state index in [1.807, 2.05) is 0 Å². The second-order valence-electron chi connectivity index (χ2n) is 6.60. The fourth-order valence-corrected chi connectivity index (χ4v) is 4.25. The number of sulfone groups is 1. The fourth-order valence-electron chi connectivity index (χ4n) is 2.89. The summed E-state index contributed by atoms with van der Waals surface area (Å²) in [5.41, 5.74) is -0.526. The number of benzene rings is 2. The molecule has 0 radical (unpaired) electrons. The number of nitro groups is 2. The van der Waals surface area contributed by atoms with Crippen LogP contribution < -0.4 is 0 Å². The highest BCUT2D eigenvalue weighted by molar-refractivity contribution is 7.90. The number of aryl methyl sites for hydroxylation is 2. The Bertz CT molecular complexity index is 1230. The zero-order valence-electron chi connectivity index (χ0n) is 15.8. The molecule has 11 nitrogen and oxygen atoms in total. The maximum absolute atomic E-state index is 12.8. The first-order chi connectivity index (χ1) is 14.0. The molecule has 0 aliphatic heterocycles. The zero-order chi connectivity index (χ0) is 22.2. The number of aromatic hydroxyl groups is 1. The first kappa shape index (κ1) is 20.9. The predicted molar refractivity (Wildman–Crippen MR) is 106 cm³/mol. The van der Waals surface area contributed by atoms with Crippen LogP contribution in [0.1, 0.15) is 11.1 Å². The van der Waals surface area contributed by atoms with Gasteiger partial charge in [0.2, 0.25) is 5.88 Å². The fraction of sp³-hybridized carbons (Fsp3) is 0.167. The van der Waals surface area contributed by atoms with Gasteiger partial charge in [0.1, 0.15) is 5.69 Å². The van der Waals surface area contributed by atoms with Crippen molar-refractivity contribution in [3.8, 4) is 17.1 Å². The summed E-state index contributed by atoms with van der Waals surface area (Å²) in [5.74, 6) is -1.11. The summed E-state index contributed by atoms with van der Waals surface area (Å²) in [6.07, 6.45) is 0. The van der Waals surface area contributed by atoms with Gasteiger partial charge in [0.15, 0.2) is 9.84 Å². The third-order valence-corrected chi connectivity index (χ3v) is 6.08. The van der Waals surface area contributed by atoms with Crippen molar-refractivity contribution >= 4 is 21.2 Å². The van der Waals surface area contributed by atoms with Crippen LogP contribution >= 0.6 is 0 Å². The Morgan fingerprint density at radius 2 is 1.57 bits per heavy atom. The molecule has 30 heavy (non-hydrogen) atoms. The Morgan fingerprint density at radius 1 is 1.03 bits per heavy atom. The van der Waals surface area contributed by atoms with Gasteiger partial charge in [-0.3, -0.25) is 20.2 Å². The monoisotopic (exact) mass is 432 g/mol. The summed E-state index contributed by atoms with van der Waals surface area (Å²) in [6.45, 7) is 1.80. The minimum Gasteiger partial charge on any atom is -0.493 e. The van der Waals surface area contributed by atoms with Gasteiger partial charge in [0.25, 0.3) is 11.4 Å². The van der Waals surface area contributed by atoms with Gasteiger partial charge >= 0.3 is 0 Å². The molecule has 0 amide bonds. The van der Waals surface area contributed by atoms with E-state index in [2.05, 4.69) is 5.10 Å². The van der Waals surface area contributed by atoms with Crippen molar-refractivity contribution in [2.24, 2.45) is 7.05 Å². The van der Waals surface area contributed by atoms with E-state index >= 15 is 0 Å².